The zero-order valence-corrected chi connectivity index (χ0v) is 7.78. The molecule has 1 aliphatic rings. The number of nitrogens with two attached hydrogens (primary N) is 1. The van der Waals surface area contributed by atoms with Gasteiger partial charge in [-0.1, -0.05) is 0 Å². The zero-order chi connectivity index (χ0) is 8.72. The summed E-state index contributed by atoms with van der Waals surface area (Å²) in [5.41, 5.74) is 6.94. The van der Waals surface area contributed by atoms with Crippen LogP contribution in [0, 0.1) is 6.92 Å². The third-order valence-electron chi connectivity index (χ3n) is 2.22. The number of rotatable bonds is 0. The first-order chi connectivity index (χ1) is 5.68. The zero-order valence-electron chi connectivity index (χ0n) is 6.96. The van der Waals surface area contributed by atoms with Crippen molar-refractivity contribution in [1.82, 2.24) is 0 Å². The molecular formula is C9H11NOS. The van der Waals surface area contributed by atoms with E-state index in [9.17, 15) is 4.79 Å². The van der Waals surface area contributed by atoms with Crippen molar-refractivity contribution in [2.24, 2.45) is 5.73 Å². The van der Waals surface area contributed by atoms with Crippen LogP contribution in [0.5, 0.6) is 0 Å². The molecule has 2 N–H and O–H groups in total. The van der Waals surface area contributed by atoms with Crippen LogP contribution in [0.4, 0.5) is 0 Å². The van der Waals surface area contributed by atoms with Crippen LogP contribution in [-0.2, 0) is 0 Å². The molecule has 0 fully saturated rings. The van der Waals surface area contributed by atoms with Gasteiger partial charge in [-0.05, 0) is 25.0 Å². The quantitative estimate of drug-likeness (QED) is 0.665. The van der Waals surface area contributed by atoms with Gasteiger partial charge in [-0.25, -0.2) is 0 Å². The second-order valence-corrected chi connectivity index (χ2v) is 4.47. The highest BCUT2D eigenvalue weighted by Crippen LogP contribution is 2.33. The lowest BCUT2D eigenvalue weighted by atomic mass is 9.94. The van der Waals surface area contributed by atoms with Gasteiger partial charge in [0.05, 0.1) is 4.88 Å². The number of thiophene rings is 1. The highest BCUT2D eigenvalue weighted by Gasteiger charge is 2.24. The first-order valence-electron chi connectivity index (χ1n) is 4.07. The van der Waals surface area contributed by atoms with E-state index in [2.05, 4.69) is 0 Å². The SMILES string of the molecule is Cc1cc2c(s1)C(=O)CCC2N. The molecule has 12 heavy (non-hydrogen) atoms. The maximum Gasteiger partial charge on any atom is 0.173 e. The van der Waals surface area contributed by atoms with Gasteiger partial charge in [0.25, 0.3) is 0 Å². The molecule has 1 atom stereocenters. The predicted molar refractivity (Wildman–Crippen MR) is 49.5 cm³/mol. The van der Waals surface area contributed by atoms with Crippen LogP contribution in [0.2, 0.25) is 0 Å². The molecule has 3 heteroatoms. The van der Waals surface area contributed by atoms with Crippen molar-refractivity contribution in [3.8, 4) is 0 Å². The lowest BCUT2D eigenvalue weighted by Gasteiger charge is -2.16. The fourth-order valence-corrected chi connectivity index (χ4v) is 2.63. The highest BCUT2D eigenvalue weighted by molar-refractivity contribution is 7.14. The van der Waals surface area contributed by atoms with Crippen molar-refractivity contribution in [3.05, 3.63) is 21.4 Å². The van der Waals surface area contributed by atoms with Crippen molar-refractivity contribution in [3.63, 3.8) is 0 Å². The largest absolute Gasteiger partial charge is 0.324 e. The molecule has 1 heterocycles. The number of Topliss-reactive ketones (excluding diaryl/α,β-unsaturated/α-hetero) is 1. The summed E-state index contributed by atoms with van der Waals surface area (Å²) in [6, 6.07) is 2.13. The van der Waals surface area contributed by atoms with Crippen LogP contribution >= 0.6 is 11.3 Å². The Bertz CT molecular complexity index is 329. The van der Waals surface area contributed by atoms with Gasteiger partial charge in [0, 0.05) is 17.3 Å². The van der Waals surface area contributed by atoms with Crippen molar-refractivity contribution in [2.45, 2.75) is 25.8 Å². The summed E-state index contributed by atoms with van der Waals surface area (Å²) < 4.78 is 0. The second-order valence-electron chi connectivity index (χ2n) is 3.21. The molecule has 0 saturated carbocycles. The maximum atomic E-state index is 11.4. The summed E-state index contributed by atoms with van der Waals surface area (Å²) in [6.45, 7) is 2.02. The first-order valence-corrected chi connectivity index (χ1v) is 4.89. The number of fused-ring (bicyclic) bond motifs is 1. The van der Waals surface area contributed by atoms with E-state index in [0.717, 1.165) is 16.9 Å². The molecule has 0 radical (unpaired) electrons. The van der Waals surface area contributed by atoms with E-state index >= 15 is 0 Å². The van der Waals surface area contributed by atoms with Gasteiger partial charge in [0.1, 0.15) is 0 Å². The number of carbonyl (C=O) groups excluding carboxylic acids is 1. The number of carbonyl (C=O) groups is 1. The predicted octanol–water partition coefficient (Wildman–Crippen LogP) is 2.03. The molecule has 0 amide bonds. The van der Waals surface area contributed by atoms with Gasteiger partial charge in [-0.15, -0.1) is 11.3 Å². The Balaban J connectivity index is 2.54. The summed E-state index contributed by atoms with van der Waals surface area (Å²) in [4.78, 5) is 13.5. The van der Waals surface area contributed by atoms with E-state index in [4.69, 9.17) is 5.73 Å². The van der Waals surface area contributed by atoms with Gasteiger partial charge in [-0.3, -0.25) is 4.79 Å². The van der Waals surface area contributed by atoms with Crippen molar-refractivity contribution in [1.29, 1.82) is 0 Å². The van der Waals surface area contributed by atoms with E-state index in [-0.39, 0.29) is 11.8 Å². The highest BCUT2D eigenvalue weighted by atomic mass is 32.1. The summed E-state index contributed by atoms with van der Waals surface area (Å²) in [5, 5.41) is 0. The molecule has 1 aromatic rings. The Morgan fingerprint density at radius 3 is 3.08 bits per heavy atom. The fourth-order valence-electron chi connectivity index (χ4n) is 1.58. The average Bonchev–Trinajstić information content (AvgIpc) is 2.41. The number of hydrogen-bond donors (Lipinski definition) is 1. The van der Waals surface area contributed by atoms with Crippen LogP contribution in [-0.4, -0.2) is 5.78 Å². The monoisotopic (exact) mass is 181 g/mol. The smallest absolute Gasteiger partial charge is 0.173 e. The van der Waals surface area contributed by atoms with Gasteiger partial charge < -0.3 is 5.73 Å². The van der Waals surface area contributed by atoms with E-state index in [1.165, 1.54) is 4.88 Å². The van der Waals surface area contributed by atoms with E-state index in [1.807, 2.05) is 13.0 Å². The van der Waals surface area contributed by atoms with Crippen molar-refractivity contribution in [2.75, 3.05) is 0 Å². The first kappa shape index (κ1) is 7.95. The normalized spacial score (nSPS) is 22.5. The molecule has 2 nitrogen and oxygen atoms in total. The molecule has 0 bridgehead atoms. The maximum absolute atomic E-state index is 11.4. The van der Waals surface area contributed by atoms with Crippen LogP contribution in [0.15, 0.2) is 6.07 Å². The summed E-state index contributed by atoms with van der Waals surface area (Å²) in [7, 11) is 0. The van der Waals surface area contributed by atoms with Crippen LogP contribution in [0.3, 0.4) is 0 Å². The van der Waals surface area contributed by atoms with Gasteiger partial charge >= 0.3 is 0 Å². The van der Waals surface area contributed by atoms with Crippen molar-refractivity contribution < 1.29 is 4.79 Å². The lowest BCUT2D eigenvalue weighted by molar-refractivity contribution is 0.0972. The molecule has 1 aromatic heterocycles. The molecule has 0 aliphatic heterocycles. The summed E-state index contributed by atoms with van der Waals surface area (Å²) in [5.74, 6) is 0.268. The molecule has 64 valence electrons. The topological polar surface area (TPSA) is 43.1 Å². The lowest BCUT2D eigenvalue weighted by Crippen LogP contribution is -2.19. The number of ketones is 1. The van der Waals surface area contributed by atoms with E-state index in [1.54, 1.807) is 11.3 Å². The Labute approximate surface area is 75.4 Å². The standard InChI is InChI=1S/C9H11NOS/c1-5-4-6-7(10)2-3-8(11)9(6)12-5/h4,7H,2-3,10H2,1H3. The molecule has 1 aliphatic carbocycles. The summed E-state index contributed by atoms with van der Waals surface area (Å²) >= 11 is 1.57. The Hall–Kier alpha value is -0.670. The molecule has 0 spiro atoms. The fraction of sp³-hybridized carbons (Fsp3) is 0.444. The molecular weight excluding hydrogens is 170 g/mol. The summed E-state index contributed by atoms with van der Waals surface area (Å²) in [6.07, 6.45) is 1.43. The minimum absolute atomic E-state index is 0.0858. The Morgan fingerprint density at radius 2 is 2.42 bits per heavy atom. The van der Waals surface area contributed by atoms with E-state index in [0.29, 0.717) is 6.42 Å². The van der Waals surface area contributed by atoms with Crippen molar-refractivity contribution >= 4 is 17.1 Å². The Kier molecular flexibility index (Phi) is 1.77. The second kappa shape index (κ2) is 2.68. The number of aryl methyl sites for hydroxylation is 1. The van der Waals surface area contributed by atoms with Gasteiger partial charge in [-0.2, -0.15) is 0 Å². The molecule has 0 saturated heterocycles. The van der Waals surface area contributed by atoms with Gasteiger partial charge in [0.2, 0.25) is 0 Å². The van der Waals surface area contributed by atoms with Crippen LogP contribution in [0.1, 0.15) is 39.0 Å². The molecule has 1 unspecified atom stereocenters. The Morgan fingerprint density at radius 1 is 1.67 bits per heavy atom. The third kappa shape index (κ3) is 1.09. The van der Waals surface area contributed by atoms with Crippen LogP contribution in [0.25, 0.3) is 0 Å². The minimum Gasteiger partial charge on any atom is -0.324 e. The number of hydrogen-bond acceptors (Lipinski definition) is 3. The molecule has 0 aromatic carbocycles. The molecule has 2 rings (SSSR count). The average molecular weight is 181 g/mol. The minimum atomic E-state index is 0.0858. The van der Waals surface area contributed by atoms with Gasteiger partial charge in [0.15, 0.2) is 5.78 Å². The van der Waals surface area contributed by atoms with E-state index < -0.39 is 0 Å². The van der Waals surface area contributed by atoms with Crippen LogP contribution < -0.4 is 5.73 Å². The third-order valence-corrected chi connectivity index (χ3v) is 3.33.